The maximum absolute atomic E-state index is 13.4. The minimum atomic E-state index is -0.174. The molecule has 0 saturated carbocycles. The van der Waals surface area contributed by atoms with Crippen LogP contribution in [-0.4, -0.2) is 30.5 Å². The second-order valence-electron chi connectivity index (χ2n) is 7.91. The summed E-state index contributed by atoms with van der Waals surface area (Å²) in [5.74, 6) is -0.174. The molecule has 0 aliphatic carbocycles. The summed E-state index contributed by atoms with van der Waals surface area (Å²) in [7, 11) is 0. The summed E-state index contributed by atoms with van der Waals surface area (Å²) in [6, 6.07) is 19.3. The first-order chi connectivity index (χ1) is 16.1. The Bertz CT molecular complexity index is 1430. The van der Waals surface area contributed by atoms with Crippen molar-refractivity contribution in [1.82, 2.24) is 24.5 Å². The fourth-order valence-corrected chi connectivity index (χ4v) is 3.96. The van der Waals surface area contributed by atoms with Gasteiger partial charge in [0, 0.05) is 41.8 Å². The SMILES string of the molecule is CCn1cc(-c2cc(C(=O)Nc3cccc(Cn4cccn4)c3)c3ccccc3n2)c(C)n1. The van der Waals surface area contributed by atoms with Gasteiger partial charge in [0.2, 0.25) is 0 Å². The Kier molecular flexibility index (Phi) is 5.44. The van der Waals surface area contributed by atoms with Crippen molar-refractivity contribution in [2.75, 3.05) is 5.32 Å². The molecule has 7 nitrogen and oxygen atoms in total. The van der Waals surface area contributed by atoms with Crippen LogP contribution >= 0.6 is 0 Å². The number of aromatic nitrogens is 5. The van der Waals surface area contributed by atoms with E-state index in [0.717, 1.165) is 45.6 Å². The lowest BCUT2D eigenvalue weighted by Gasteiger charge is -2.11. The molecule has 7 heteroatoms. The highest BCUT2D eigenvalue weighted by atomic mass is 16.1. The number of amides is 1. The zero-order chi connectivity index (χ0) is 22.8. The molecule has 0 spiro atoms. The third-order valence-electron chi connectivity index (χ3n) is 5.60. The van der Waals surface area contributed by atoms with E-state index in [4.69, 9.17) is 4.98 Å². The Hall–Kier alpha value is -4.26. The first-order valence-electron chi connectivity index (χ1n) is 10.9. The van der Waals surface area contributed by atoms with Crippen LogP contribution in [0.5, 0.6) is 0 Å². The van der Waals surface area contributed by atoms with Crippen molar-refractivity contribution >= 4 is 22.5 Å². The largest absolute Gasteiger partial charge is 0.322 e. The molecule has 2 aromatic carbocycles. The van der Waals surface area contributed by atoms with Gasteiger partial charge in [-0.05, 0) is 49.7 Å². The molecule has 0 unspecified atom stereocenters. The molecular formula is C26H24N6O. The van der Waals surface area contributed by atoms with Crippen LogP contribution in [0.25, 0.3) is 22.2 Å². The highest BCUT2D eigenvalue weighted by molar-refractivity contribution is 6.13. The van der Waals surface area contributed by atoms with E-state index in [1.54, 1.807) is 6.20 Å². The Balaban J connectivity index is 1.50. The number of hydrogen-bond donors (Lipinski definition) is 1. The van der Waals surface area contributed by atoms with Gasteiger partial charge in [-0.15, -0.1) is 0 Å². The molecule has 1 amide bonds. The summed E-state index contributed by atoms with van der Waals surface area (Å²) in [5.41, 5.74) is 5.70. The number of nitrogens with one attached hydrogen (secondary N) is 1. The van der Waals surface area contributed by atoms with Crippen LogP contribution in [0.4, 0.5) is 5.69 Å². The van der Waals surface area contributed by atoms with E-state index >= 15 is 0 Å². The van der Waals surface area contributed by atoms with Crippen molar-refractivity contribution in [3.8, 4) is 11.3 Å². The van der Waals surface area contributed by atoms with E-state index in [9.17, 15) is 4.79 Å². The van der Waals surface area contributed by atoms with Crippen molar-refractivity contribution < 1.29 is 4.79 Å². The number of benzene rings is 2. The number of hydrogen-bond acceptors (Lipinski definition) is 4. The van der Waals surface area contributed by atoms with Gasteiger partial charge in [-0.2, -0.15) is 10.2 Å². The average Bonchev–Trinajstić information content (AvgIpc) is 3.47. The molecule has 3 heterocycles. The van der Waals surface area contributed by atoms with E-state index in [-0.39, 0.29) is 5.91 Å². The van der Waals surface area contributed by atoms with Crippen LogP contribution < -0.4 is 5.32 Å². The summed E-state index contributed by atoms with van der Waals surface area (Å²) < 4.78 is 3.73. The maximum Gasteiger partial charge on any atom is 0.256 e. The highest BCUT2D eigenvalue weighted by Crippen LogP contribution is 2.27. The summed E-state index contributed by atoms with van der Waals surface area (Å²) in [6.07, 6.45) is 5.65. The van der Waals surface area contributed by atoms with E-state index < -0.39 is 0 Å². The number of anilines is 1. The van der Waals surface area contributed by atoms with Gasteiger partial charge in [-0.25, -0.2) is 4.98 Å². The van der Waals surface area contributed by atoms with Crippen LogP contribution in [0, 0.1) is 6.92 Å². The zero-order valence-electron chi connectivity index (χ0n) is 18.6. The smallest absolute Gasteiger partial charge is 0.256 e. The van der Waals surface area contributed by atoms with Crippen molar-refractivity contribution in [1.29, 1.82) is 0 Å². The molecule has 0 aliphatic rings. The molecule has 5 aromatic rings. The summed E-state index contributed by atoms with van der Waals surface area (Å²) >= 11 is 0. The van der Waals surface area contributed by atoms with E-state index in [1.807, 2.05) is 96.3 Å². The van der Waals surface area contributed by atoms with Crippen LogP contribution in [0.1, 0.15) is 28.5 Å². The van der Waals surface area contributed by atoms with Crippen LogP contribution in [0.15, 0.2) is 79.3 Å². The quantitative estimate of drug-likeness (QED) is 0.410. The number of carbonyl (C=O) groups is 1. The third kappa shape index (κ3) is 4.25. The molecule has 0 saturated heterocycles. The molecule has 33 heavy (non-hydrogen) atoms. The van der Waals surface area contributed by atoms with Gasteiger partial charge in [-0.3, -0.25) is 14.2 Å². The van der Waals surface area contributed by atoms with Crippen molar-refractivity contribution in [2.24, 2.45) is 0 Å². The molecule has 164 valence electrons. The number of aryl methyl sites for hydroxylation is 2. The van der Waals surface area contributed by atoms with Crippen LogP contribution in [0.2, 0.25) is 0 Å². The average molecular weight is 437 g/mol. The van der Waals surface area contributed by atoms with Gasteiger partial charge < -0.3 is 5.32 Å². The van der Waals surface area contributed by atoms with Gasteiger partial charge in [0.25, 0.3) is 5.91 Å². The lowest BCUT2D eigenvalue weighted by Crippen LogP contribution is -2.13. The molecule has 5 rings (SSSR count). The Morgan fingerprint density at radius 1 is 1.03 bits per heavy atom. The predicted molar refractivity (Wildman–Crippen MR) is 129 cm³/mol. The lowest BCUT2D eigenvalue weighted by atomic mass is 10.0. The fourth-order valence-electron chi connectivity index (χ4n) is 3.96. The molecule has 0 radical (unpaired) electrons. The van der Waals surface area contributed by atoms with Gasteiger partial charge in [0.05, 0.1) is 29.0 Å². The monoisotopic (exact) mass is 436 g/mol. The molecule has 3 aromatic heterocycles. The topological polar surface area (TPSA) is 77.6 Å². The Labute approximate surface area is 191 Å². The van der Waals surface area contributed by atoms with E-state index in [1.165, 1.54) is 0 Å². The van der Waals surface area contributed by atoms with Crippen molar-refractivity contribution in [3.63, 3.8) is 0 Å². The third-order valence-corrected chi connectivity index (χ3v) is 5.60. The predicted octanol–water partition coefficient (Wildman–Crippen LogP) is 4.92. The van der Waals surface area contributed by atoms with Crippen LogP contribution in [0.3, 0.4) is 0 Å². The number of fused-ring (bicyclic) bond motifs is 1. The first kappa shape index (κ1) is 20.6. The minimum Gasteiger partial charge on any atom is -0.322 e. The van der Waals surface area contributed by atoms with Gasteiger partial charge in [-0.1, -0.05) is 30.3 Å². The summed E-state index contributed by atoms with van der Waals surface area (Å²) in [6.45, 7) is 5.42. The fraction of sp³-hybridized carbons (Fsp3) is 0.154. The standard InChI is InChI=1S/C26H24N6O/c1-3-31-17-23(18(2)30-31)25-15-22(21-10-4-5-11-24(21)29-25)26(33)28-20-9-6-8-19(14-20)16-32-13-7-12-27-32/h4-15,17H,3,16H2,1-2H3,(H,28,33). The first-order valence-corrected chi connectivity index (χ1v) is 10.9. The van der Waals surface area contributed by atoms with Crippen LogP contribution in [-0.2, 0) is 13.1 Å². The number of para-hydroxylation sites is 1. The van der Waals surface area contributed by atoms with E-state index in [2.05, 4.69) is 15.5 Å². The molecular weight excluding hydrogens is 412 g/mol. The van der Waals surface area contributed by atoms with Crippen molar-refractivity contribution in [3.05, 3.63) is 96.1 Å². The summed E-state index contributed by atoms with van der Waals surface area (Å²) in [4.78, 5) is 18.2. The van der Waals surface area contributed by atoms with Crippen molar-refractivity contribution in [2.45, 2.75) is 26.9 Å². The molecule has 1 N–H and O–H groups in total. The zero-order valence-corrected chi connectivity index (χ0v) is 18.6. The second-order valence-corrected chi connectivity index (χ2v) is 7.91. The minimum absolute atomic E-state index is 0.174. The number of pyridine rings is 1. The Morgan fingerprint density at radius 2 is 1.91 bits per heavy atom. The molecule has 0 atom stereocenters. The van der Waals surface area contributed by atoms with Gasteiger partial charge in [0.15, 0.2) is 0 Å². The van der Waals surface area contributed by atoms with Gasteiger partial charge in [0.1, 0.15) is 0 Å². The molecule has 0 fully saturated rings. The maximum atomic E-state index is 13.4. The second kappa shape index (κ2) is 8.70. The Morgan fingerprint density at radius 3 is 2.70 bits per heavy atom. The lowest BCUT2D eigenvalue weighted by molar-refractivity contribution is 0.102. The number of rotatable bonds is 6. The molecule has 0 bridgehead atoms. The number of nitrogens with zero attached hydrogens (tertiary/aromatic N) is 5. The number of carbonyl (C=O) groups excluding carboxylic acids is 1. The highest BCUT2D eigenvalue weighted by Gasteiger charge is 2.17. The molecule has 0 aliphatic heterocycles. The summed E-state index contributed by atoms with van der Waals surface area (Å²) in [5, 5.41) is 12.7. The normalized spacial score (nSPS) is 11.1. The van der Waals surface area contributed by atoms with Gasteiger partial charge >= 0.3 is 0 Å². The van der Waals surface area contributed by atoms with E-state index in [0.29, 0.717) is 12.1 Å².